The highest BCUT2D eigenvalue weighted by atomic mass is 16.6. The number of aryl methyl sites for hydroxylation is 1. The first kappa shape index (κ1) is 22.2. The van der Waals surface area contributed by atoms with Crippen LogP contribution in [0.15, 0.2) is 72.8 Å². The van der Waals surface area contributed by atoms with Crippen LogP contribution in [0, 0.1) is 10.1 Å². The van der Waals surface area contributed by atoms with Crippen molar-refractivity contribution in [3.63, 3.8) is 0 Å². The van der Waals surface area contributed by atoms with Crippen LogP contribution in [0.4, 0.5) is 11.4 Å². The molecule has 0 aliphatic rings. The molecule has 0 radical (unpaired) electrons. The van der Waals surface area contributed by atoms with Crippen molar-refractivity contribution < 1.29 is 24.7 Å². The van der Waals surface area contributed by atoms with E-state index in [0.29, 0.717) is 23.2 Å². The number of nitrogens with zero attached hydrogens (tertiary/aromatic N) is 1. The lowest BCUT2D eigenvalue weighted by Gasteiger charge is -2.06. The third-order valence-electron chi connectivity index (χ3n) is 4.67. The van der Waals surface area contributed by atoms with Gasteiger partial charge in [-0.25, -0.2) is 0 Å². The van der Waals surface area contributed by atoms with Crippen LogP contribution < -0.4 is 5.32 Å². The summed E-state index contributed by atoms with van der Waals surface area (Å²) in [5.74, 6) is -0.942. The van der Waals surface area contributed by atoms with Gasteiger partial charge < -0.3 is 15.5 Å². The maximum atomic E-state index is 12.3. The first-order valence-electron chi connectivity index (χ1n) is 9.69. The fraction of sp³-hybridized carbons (Fsp3) is 0.0833. The molecule has 0 saturated carbocycles. The fourth-order valence-electron chi connectivity index (χ4n) is 2.88. The monoisotopic (exact) mass is 432 g/mol. The van der Waals surface area contributed by atoms with Crippen molar-refractivity contribution in [3.8, 4) is 11.5 Å². The molecule has 1 amide bonds. The second kappa shape index (κ2) is 10.0. The van der Waals surface area contributed by atoms with Crippen LogP contribution in [-0.2, 0) is 11.2 Å². The number of rotatable bonds is 8. The predicted octanol–water partition coefficient (Wildman–Crippen LogP) is 4.47. The summed E-state index contributed by atoms with van der Waals surface area (Å²) in [6.07, 6.45) is 3.79. The Hall–Kier alpha value is -4.46. The molecule has 8 nitrogen and oxygen atoms in total. The first-order valence-corrected chi connectivity index (χ1v) is 9.69. The van der Waals surface area contributed by atoms with Crippen LogP contribution in [0.3, 0.4) is 0 Å². The van der Waals surface area contributed by atoms with E-state index < -0.39 is 4.92 Å². The molecule has 0 unspecified atom stereocenters. The molecule has 0 aromatic heterocycles. The van der Waals surface area contributed by atoms with Crippen molar-refractivity contribution in [2.24, 2.45) is 0 Å². The number of phenols is 2. The molecule has 0 aliphatic carbocycles. The van der Waals surface area contributed by atoms with Gasteiger partial charge in [-0.2, -0.15) is 0 Å². The van der Waals surface area contributed by atoms with E-state index in [9.17, 15) is 29.9 Å². The fourth-order valence-corrected chi connectivity index (χ4v) is 2.88. The summed E-state index contributed by atoms with van der Waals surface area (Å²) in [7, 11) is 0. The second-order valence-corrected chi connectivity index (χ2v) is 7.00. The zero-order valence-electron chi connectivity index (χ0n) is 16.9. The van der Waals surface area contributed by atoms with Gasteiger partial charge in [-0.3, -0.25) is 19.7 Å². The van der Waals surface area contributed by atoms with Crippen molar-refractivity contribution in [2.75, 3.05) is 5.32 Å². The number of nitro groups is 1. The average molecular weight is 432 g/mol. The van der Waals surface area contributed by atoms with E-state index in [2.05, 4.69) is 5.32 Å². The molecule has 3 aromatic carbocycles. The van der Waals surface area contributed by atoms with Gasteiger partial charge >= 0.3 is 0 Å². The minimum absolute atomic E-state index is 0.0866. The molecule has 0 saturated heterocycles. The zero-order chi connectivity index (χ0) is 23.1. The quantitative estimate of drug-likeness (QED) is 0.208. The summed E-state index contributed by atoms with van der Waals surface area (Å²) in [6, 6.07) is 16.7. The first-order chi connectivity index (χ1) is 15.3. The standard InChI is InChI=1S/C24H20N2O6/c27-21(13-4-17-5-14-22(28)23(29)15-17)12-3-16-1-8-19(9-2-16)25-24(30)18-6-10-20(11-7-18)26(31)32/h1-2,4-11,13-15,28-29H,3,12H2,(H,25,30)/b13-4+. The minimum Gasteiger partial charge on any atom is -0.504 e. The smallest absolute Gasteiger partial charge is 0.269 e. The minimum atomic E-state index is -0.529. The molecule has 0 atom stereocenters. The molecule has 3 rings (SSSR count). The molecule has 8 heteroatoms. The van der Waals surface area contributed by atoms with Gasteiger partial charge in [0.2, 0.25) is 0 Å². The number of non-ortho nitro benzene ring substituents is 1. The number of benzene rings is 3. The molecule has 0 bridgehead atoms. The Labute approximate surface area is 183 Å². The van der Waals surface area contributed by atoms with E-state index in [0.717, 1.165) is 5.56 Å². The van der Waals surface area contributed by atoms with E-state index in [1.807, 2.05) is 0 Å². The van der Waals surface area contributed by atoms with E-state index in [-0.39, 0.29) is 35.3 Å². The van der Waals surface area contributed by atoms with Crippen molar-refractivity contribution >= 4 is 29.1 Å². The third kappa shape index (κ3) is 6.02. The Morgan fingerprint density at radius 1 is 0.938 bits per heavy atom. The summed E-state index contributed by atoms with van der Waals surface area (Å²) >= 11 is 0. The Bertz CT molecular complexity index is 1170. The summed E-state index contributed by atoms with van der Waals surface area (Å²) in [5.41, 5.74) is 2.30. The van der Waals surface area contributed by atoms with Gasteiger partial charge in [0.25, 0.3) is 11.6 Å². The molecular formula is C24H20N2O6. The van der Waals surface area contributed by atoms with E-state index in [4.69, 9.17) is 0 Å². The summed E-state index contributed by atoms with van der Waals surface area (Å²) in [4.78, 5) is 34.5. The van der Waals surface area contributed by atoms with Gasteiger partial charge in [-0.05, 0) is 60.0 Å². The highest BCUT2D eigenvalue weighted by Crippen LogP contribution is 2.25. The van der Waals surface area contributed by atoms with Crippen LogP contribution in [0.1, 0.15) is 27.9 Å². The third-order valence-corrected chi connectivity index (χ3v) is 4.67. The second-order valence-electron chi connectivity index (χ2n) is 7.00. The van der Waals surface area contributed by atoms with Crippen LogP contribution in [0.5, 0.6) is 11.5 Å². The number of carbonyl (C=O) groups is 2. The van der Waals surface area contributed by atoms with E-state index in [1.165, 1.54) is 42.5 Å². The number of allylic oxidation sites excluding steroid dienone is 1. The predicted molar refractivity (Wildman–Crippen MR) is 120 cm³/mol. The Morgan fingerprint density at radius 2 is 1.62 bits per heavy atom. The Balaban J connectivity index is 1.51. The highest BCUT2D eigenvalue weighted by molar-refractivity contribution is 6.04. The Morgan fingerprint density at radius 3 is 2.25 bits per heavy atom. The molecule has 3 N–H and O–H groups in total. The topological polar surface area (TPSA) is 130 Å². The van der Waals surface area contributed by atoms with Crippen molar-refractivity contribution in [1.29, 1.82) is 0 Å². The maximum Gasteiger partial charge on any atom is 0.269 e. The molecule has 32 heavy (non-hydrogen) atoms. The van der Waals surface area contributed by atoms with Crippen molar-refractivity contribution in [3.05, 3.63) is 99.6 Å². The van der Waals surface area contributed by atoms with Gasteiger partial charge in [0.1, 0.15) is 0 Å². The number of amides is 1. The largest absolute Gasteiger partial charge is 0.504 e. The number of carbonyl (C=O) groups excluding carboxylic acids is 2. The van der Waals surface area contributed by atoms with E-state index in [1.54, 1.807) is 36.4 Å². The number of ketones is 1. The Kier molecular flexibility index (Phi) is 6.97. The molecule has 162 valence electrons. The number of hydrogen-bond donors (Lipinski definition) is 3. The number of aromatic hydroxyl groups is 2. The van der Waals surface area contributed by atoms with Crippen molar-refractivity contribution in [2.45, 2.75) is 12.8 Å². The lowest BCUT2D eigenvalue weighted by atomic mass is 10.1. The lowest BCUT2D eigenvalue weighted by Crippen LogP contribution is -2.11. The number of phenolic OH excluding ortho intramolecular Hbond substituents is 2. The molecule has 0 fully saturated rings. The SMILES string of the molecule is O=C(/C=C/c1ccc(O)c(O)c1)CCc1ccc(NC(=O)c2ccc([N+](=O)[O-])cc2)cc1. The molecule has 0 heterocycles. The highest BCUT2D eigenvalue weighted by Gasteiger charge is 2.10. The summed E-state index contributed by atoms with van der Waals surface area (Å²) in [6.45, 7) is 0. The summed E-state index contributed by atoms with van der Waals surface area (Å²) in [5, 5.41) is 32.2. The van der Waals surface area contributed by atoms with Crippen molar-refractivity contribution in [1.82, 2.24) is 0 Å². The lowest BCUT2D eigenvalue weighted by molar-refractivity contribution is -0.384. The maximum absolute atomic E-state index is 12.3. The van der Waals surface area contributed by atoms with Crippen LogP contribution in [0.25, 0.3) is 6.08 Å². The van der Waals surface area contributed by atoms with Gasteiger partial charge in [0.15, 0.2) is 17.3 Å². The number of anilines is 1. The normalized spacial score (nSPS) is 10.8. The molecule has 3 aromatic rings. The zero-order valence-corrected chi connectivity index (χ0v) is 16.9. The van der Waals surface area contributed by atoms with Gasteiger partial charge in [-0.1, -0.05) is 24.3 Å². The molecule has 0 aliphatic heterocycles. The van der Waals surface area contributed by atoms with Crippen LogP contribution in [-0.4, -0.2) is 26.8 Å². The van der Waals surface area contributed by atoms with E-state index >= 15 is 0 Å². The van der Waals surface area contributed by atoms with Crippen LogP contribution >= 0.6 is 0 Å². The number of nitro benzene ring substituents is 1. The number of nitrogens with one attached hydrogen (secondary N) is 1. The molecular weight excluding hydrogens is 412 g/mol. The van der Waals surface area contributed by atoms with Gasteiger partial charge in [0, 0.05) is 29.8 Å². The van der Waals surface area contributed by atoms with Crippen LogP contribution in [0.2, 0.25) is 0 Å². The number of hydrogen-bond acceptors (Lipinski definition) is 6. The molecule has 0 spiro atoms. The summed E-state index contributed by atoms with van der Waals surface area (Å²) < 4.78 is 0. The van der Waals surface area contributed by atoms with Gasteiger partial charge in [0.05, 0.1) is 4.92 Å². The average Bonchev–Trinajstić information content (AvgIpc) is 2.79. The van der Waals surface area contributed by atoms with Gasteiger partial charge in [-0.15, -0.1) is 0 Å².